The SMILES string of the molecule is COc1ccc(Nc2ncnc(N3CCN(Cc4ccc5c(c4)OCO5)CC3)c2N)cc1. The number of nitrogens with zero attached hydrogens (tertiary/aromatic N) is 4. The molecule has 3 heterocycles. The van der Waals surface area contributed by atoms with Crippen LogP contribution in [0.25, 0.3) is 0 Å². The molecule has 0 unspecified atom stereocenters. The van der Waals surface area contributed by atoms with Crippen molar-refractivity contribution in [1.82, 2.24) is 14.9 Å². The van der Waals surface area contributed by atoms with Gasteiger partial charge in [-0.1, -0.05) is 6.07 Å². The summed E-state index contributed by atoms with van der Waals surface area (Å²) in [6.45, 7) is 4.68. The van der Waals surface area contributed by atoms with Gasteiger partial charge in [0, 0.05) is 38.4 Å². The van der Waals surface area contributed by atoms with Gasteiger partial charge in [0.25, 0.3) is 0 Å². The molecule has 32 heavy (non-hydrogen) atoms. The summed E-state index contributed by atoms with van der Waals surface area (Å²) in [7, 11) is 1.64. The van der Waals surface area contributed by atoms with Crippen LogP contribution in [-0.2, 0) is 6.54 Å². The Labute approximate surface area is 186 Å². The van der Waals surface area contributed by atoms with E-state index in [-0.39, 0.29) is 0 Å². The average molecular weight is 435 g/mol. The second kappa shape index (κ2) is 8.80. The van der Waals surface area contributed by atoms with Crippen molar-refractivity contribution in [1.29, 1.82) is 0 Å². The summed E-state index contributed by atoms with van der Waals surface area (Å²) in [5, 5.41) is 3.27. The highest BCUT2D eigenvalue weighted by Gasteiger charge is 2.22. The number of hydrogen-bond acceptors (Lipinski definition) is 9. The highest BCUT2D eigenvalue weighted by molar-refractivity contribution is 5.78. The van der Waals surface area contributed by atoms with Crippen LogP contribution in [0.2, 0.25) is 0 Å². The van der Waals surface area contributed by atoms with Crippen LogP contribution in [0.1, 0.15) is 5.56 Å². The number of nitrogens with two attached hydrogens (primary N) is 1. The summed E-state index contributed by atoms with van der Waals surface area (Å²) in [4.78, 5) is 13.4. The van der Waals surface area contributed by atoms with E-state index in [1.54, 1.807) is 13.4 Å². The minimum atomic E-state index is 0.299. The van der Waals surface area contributed by atoms with E-state index in [1.165, 1.54) is 5.56 Å². The number of piperazine rings is 1. The lowest BCUT2D eigenvalue weighted by Crippen LogP contribution is -2.46. The van der Waals surface area contributed by atoms with E-state index in [0.717, 1.165) is 61.5 Å². The minimum absolute atomic E-state index is 0.299. The Morgan fingerprint density at radius 3 is 2.56 bits per heavy atom. The lowest BCUT2D eigenvalue weighted by molar-refractivity contribution is 0.174. The number of benzene rings is 2. The summed E-state index contributed by atoms with van der Waals surface area (Å²) in [5.41, 5.74) is 9.09. The van der Waals surface area contributed by atoms with Crippen LogP contribution in [0, 0.1) is 0 Å². The highest BCUT2D eigenvalue weighted by atomic mass is 16.7. The van der Waals surface area contributed by atoms with Crippen molar-refractivity contribution in [3.8, 4) is 17.2 Å². The molecule has 1 saturated heterocycles. The quantitative estimate of drug-likeness (QED) is 0.607. The second-order valence-corrected chi connectivity index (χ2v) is 7.76. The number of methoxy groups -OCH3 is 1. The maximum atomic E-state index is 6.44. The first kappa shape index (κ1) is 20.2. The molecule has 1 fully saturated rings. The number of fused-ring (bicyclic) bond motifs is 1. The zero-order valence-electron chi connectivity index (χ0n) is 18.0. The molecule has 3 aromatic rings. The lowest BCUT2D eigenvalue weighted by Gasteiger charge is -2.36. The van der Waals surface area contributed by atoms with E-state index in [0.29, 0.717) is 18.3 Å². The van der Waals surface area contributed by atoms with Crippen LogP contribution >= 0.6 is 0 Å². The number of ether oxygens (including phenoxy) is 3. The van der Waals surface area contributed by atoms with Gasteiger partial charge < -0.3 is 30.2 Å². The third-order valence-electron chi connectivity index (χ3n) is 5.73. The molecule has 0 spiro atoms. The van der Waals surface area contributed by atoms with E-state index in [2.05, 4.69) is 37.2 Å². The van der Waals surface area contributed by atoms with Gasteiger partial charge in [0.1, 0.15) is 17.8 Å². The van der Waals surface area contributed by atoms with Crippen LogP contribution in [0.3, 0.4) is 0 Å². The molecule has 9 heteroatoms. The molecule has 2 aliphatic rings. The zero-order valence-corrected chi connectivity index (χ0v) is 18.0. The fourth-order valence-corrected chi connectivity index (χ4v) is 3.96. The first-order valence-corrected chi connectivity index (χ1v) is 10.6. The van der Waals surface area contributed by atoms with Gasteiger partial charge in [0.15, 0.2) is 23.1 Å². The van der Waals surface area contributed by atoms with Crippen molar-refractivity contribution in [2.24, 2.45) is 0 Å². The first-order valence-electron chi connectivity index (χ1n) is 10.6. The fourth-order valence-electron chi connectivity index (χ4n) is 3.96. The van der Waals surface area contributed by atoms with Crippen LogP contribution in [-0.4, -0.2) is 54.9 Å². The van der Waals surface area contributed by atoms with Crippen molar-refractivity contribution >= 4 is 23.0 Å². The molecule has 1 aromatic heterocycles. The van der Waals surface area contributed by atoms with Gasteiger partial charge in [-0.3, -0.25) is 4.90 Å². The molecule has 0 atom stereocenters. The number of aromatic nitrogens is 2. The zero-order chi connectivity index (χ0) is 21.9. The Bertz CT molecular complexity index is 1080. The molecule has 0 saturated carbocycles. The monoisotopic (exact) mass is 434 g/mol. The van der Waals surface area contributed by atoms with Crippen LogP contribution in [0.5, 0.6) is 17.2 Å². The number of nitrogen functional groups attached to an aromatic ring is 1. The minimum Gasteiger partial charge on any atom is -0.497 e. The molecule has 166 valence electrons. The van der Waals surface area contributed by atoms with Crippen LogP contribution in [0.4, 0.5) is 23.0 Å². The van der Waals surface area contributed by atoms with Crippen molar-refractivity contribution in [3.05, 3.63) is 54.4 Å². The lowest BCUT2D eigenvalue weighted by atomic mass is 10.1. The van der Waals surface area contributed by atoms with E-state index in [9.17, 15) is 0 Å². The van der Waals surface area contributed by atoms with Crippen molar-refractivity contribution in [2.75, 3.05) is 56.0 Å². The second-order valence-electron chi connectivity index (χ2n) is 7.76. The first-order chi connectivity index (χ1) is 15.7. The van der Waals surface area contributed by atoms with Gasteiger partial charge in [0.2, 0.25) is 6.79 Å². The molecule has 2 aliphatic heterocycles. The Morgan fingerprint density at radius 1 is 1.00 bits per heavy atom. The largest absolute Gasteiger partial charge is 0.497 e. The molecule has 0 radical (unpaired) electrons. The Morgan fingerprint density at radius 2 is 1.78 bits per heavy atom. The number of nitrogens with one attached hydrogen (secondary N) is 1. The van der Waals surface area contributed by atoms with Gasteiger partial charge in [-0.15, -0.1) is 0 Å². The predicted octanol–water partition coefficient (Wildman–Crippen LogP) is 2.86. The van der Waals surface area contributed by atoms with Crippen molar-refractivity contribution < 1.29 is 14.2 Å². The Kier molecular flexibility index (Phi) is 5.55. The third-order valence-corrected chi connectivity index (χ3v) is 5.73. The van der Waals surface area contributed by atoms with Crippen molar-refractivity contribution in [3.63, 3.8) is 0 Å². The summed E-state index contributed by atoms with van der Waals surface area (Å²) in [5.74, 6) is 3.80. The van der Waals surface area contributed by atoms with Gasteiger partial charge in [-0.25, -0.2) is 9.97 Å². The molecular weight excluding hydrogens is 408 g/mol. The van der Waals surface area contributed by atoms with Crippen molar-refractivity contribution in [2.45, 2.75) is 6.54 Å². The maximum absolute atomic E-state index is 6.44. The highest BCUT2D eigenvalue weighted by Crippen LogP contribution is 2.33. The molecule has 2 aromatic carbocycles. The van der Waals surface area contributed by atoms with Crippen LogP contribution in [0.15, 0.2) is 48.8 Å². The van der Waals surface area contributed by atoms with Gasteiger partial charge in [0.05, 0.1) is 7.11 Å². The van der Waals surface area contributed by atoms with E-state index in [1.807, 2.05) is 30.3 Å². The normalized spacial score (nSPS) is 15.6. The molecule has 3 N–H and O–H groups in total. The number of rotatable bonds is 6. The van der Waals surface area contributed by atoms with E-state index < -0.39 is 0 Å². The van der Waals surface area contributed by atoms with E-state index in [4.69, 9.17) is 19.9 Å². The standard InChI is InChI=1S/C23H26N6O3/c1-30-18-5-3-17(4-6-18)27-22-21(24)23(26-14-25-22)29-10-8-28(9-11-29)13-16-2-7-19-20(12-16)32-15-31-19/h2-7,12,14H,8-11,13,15,24H2,1H3,(H,25,26,27). The van der Waals surface area contributed by atoms with Gasteiger partial charge in [-0.05, 0) is 42.0 Å². The Balaban J connectivity index is 1.22. The molecule has 0 aliphatic carbocycles. The third kappa shape index (κ3) is 4.19. The average Bonchev–Trinajstić information content (AvgIpc) is 3.30. The summed E-state index contributed by atoms with van der Waals surface area (Å²) >= 11 is 0. The molecule has 0 bridgehead atoms. The Hall–Kier alpha value is -3.72. The van der Waals surface area contributed by atoms with E-state index >= 15 is 0 Å². The topological polar surface area (TPSA) is 98.0 Å². The smallest absolute Gasteiger partial charge is 0.231 e. The number of anilines is 4. The molecule has 9 nitrogen and oxygen atoms in total. The maximum Gasteiger partial charge on any atom is 0.231 e. The summed E-state index contributed by atoms with van der Waals surface area (Å²) in [6, 6.07) is 13.8. The summed E-state index contributed by atoms with van der Waals surface area (Å²) < 4.78 is 16.1. The predicted molar refractivity (Wildman–Crippen MR) is 123 cm³/mol. The van der Waals surface area contributed by atoms with Gasteiger partial charge >= 0.3 is 0 Å². The fraction of sp³-hybridized carbons (Fsp3) is 0.304. The number of hydrogen-bond donors (Lipinski definition) is 2. The molecule has 5 rings (SSSR count). The molecular formula is C23H26N6O3. The molecule has 0 amide bonds. The summed E-state index contributed by atoms with van der Waals surface area (Å²) in [6.07, 6.45) is 1.55. The van der Waals surface area contributed by atoms with Gasteiger partial charge in [-0.2, -0.15) is 0 Å². The van der Waals surface area contributed by atoms with Crippen LogP contribution < -0.4 is 30.2 Å².